The Bertz CT molecular complexity index is 290. The van der Waals surface area contributed by atoms with Crippen molar-refractivity contribution in [1.82, 2.24) is 9.55 Å². The molecule has 0 unspecified atom stereocenters. The Morgan fingerprint density at radius 3 is 3.15 bits per heavy atom. The summed E-state index contributed by atoms with van der Waals surface area (Å²) in [5, 5.41) is 17.0. The van der Waals surface area contributed by atoms with Crippen molar-refractivity contribution in [2.75, 3.05) is 19.8 Å². The summed E-state index contributed by atoms with van der Waals surface area (Å²) in [6.45, 7) is 1.42. The van der Waals surface area contributed by atoms with Crippen molar-refractivity contribution in [3.8, 4) is 6.07 Å². The van der Waals surface area contributed by atoms with Crippen LogP contribution in [0.25, 0.3) is 0 Å². The van der Waals surface area contributed by atoms with E-state index in [0.717, 1.165) is 0 Å². The highest BCUT2D eigenvalue weighted by Gasteiger charge is 1.99. The van der Waals surface area contributed by atoms with Crippen LogP contribution < -0.4 is 0 Å². The molecule has 13 heavy (non-hydrogen) atoms. The fraction of sp³-hybridized carbons (Fsp3) is 0.500. The summed E-state index contributed by atoms with van der Waals surface area (Å²) in [5.41, 5.74) is 0. The first-order valence-corrected chi connectivity index (χ1v) is 3.98. The standard InChI is InChI=1S/C8H11N3O2/c9-7-8-10-1-2-11(8)3-5-13-6-4-12/h1-2,12H,3-6H2. The molecule has 0 aliphatic heterocycles. The first-order valence-electron chi connectivity index (χ1n) is 3.98. The van der Waals surface area contributed by atoms with Crippen LogP contribution in [0.5, 0.6) is 0 Å². The molecule has 70 valence electrons. The van der Waals surface area contributed by atoms with Crippen molar-refractivity contribution in [2.24, 2.45) is 0 Å². The molecule has 0 aliphatic rings. The first kappa shape index (κ1) is 9.71. The van der Waals surface area contributed by atoms with Crippen LogP contribution in [0.1, 0.15) is 5.82 Å². The number of ether oxygens (including phenoxy) is 1. The Morgan fingerprint density at radius 2 is 2.46 bits per heavy atom. The minimum Gasteiger partial charge on any atom is -0.394 e. The van der Waals surface area contributed by atoms with E-state index >= 15 is 0 Å². The number of hydrogen-bond acceptors (Lipinski definition) is 4. The molecule has 0 radical (unpaired) electrons. The number of aliphatic hydroxyl groups excluding tert-OH is 1. The second kappa shape index (κ2) is 5.30. The number of nitrogens with zero attached hydrogens (tertiary/aromatic N) is 3. The van der Waals surface area contributed by atoms with Gasteiger partial charge in [0.2, 0.25) is 5.82 Å². The number of rotatable bonds is 5. The van der Waals surface area contributed by atoms with E-state index in [2.05, 4.69) is 4.98 Å². The molecule has 0 fully saturated rings. The summed E-state index contributed by atoms with van der Waals surface area (Å²) in [7, 11) is 0. The highest BCUT2D eigenvalue weighted by molar-refractivity contribution is 5.10. The third-order valence-corrected chi connectivity index (χ3v) is 1.53. The molecular formula is C8H11N3O2. The minimum atomic E-state index is 0.0229. The molecule has 1 rings (SSSR count). The fourth-order valence-corrected chi connectivity index (χ4v) is 0.932. The lowest BCUT2D eigenvalue weighted by Gasteiger charge is -2.03. The summed E-state index contributed by atoms with van der Waals surface area (Å²) in [5.74, 6) is 0.382. The van der Waals surface area contributed by atoms with E-state index < -0.39 is 0 Å². The van der Waals surface area contributed by atoms with Crippen LogP contribution in [0.2, 0.25) is 0 Å². The van der Waals surface area contributed by atoms with Gasteiger partial charge in [0.25, 0.3) is 0 Å². The average molecular weight is 181 g/mol. The van der Waals surface area contributed by atoms with E-state index in [-0.39, 0.29) is 6.61 Å². The van der Waals surface area contributed by atoms with Gasteiger partial charge in [0, 0.05) is 18.9 Å². The lowest BCUT2D eigenvalue weighted by atomic mass is 10.6. The summed E-state index contributed by atoms with van der Waals surface area (Å²) in [6.07, 6.45) is 3.30. The summed E-state index contributed by atoms with van der Waals surface area (Å²) >= 11 is 0. The van der Waals surface area contributed by atoms with E-state index in [1.165, 1.54) is 0 Å². The van der Waals surface area contributed by atoms with Gasteiger partial charge in [-0.3, -0.25) is 0 Å². The number of aromatic nitrogens is 2. The largest absolute Gasteiger partial charge is 0.394 e. The second-order valence-corrected chi connectivity index (χ2v) is 2.39. The van der Waals surface area contributed by atoms with E-state index in [1.807, 2.05) is 6.07 Å². The van der Waals surface area contributed by atoms with Gasteiger partial charge in [-0.05, 0) is 0 Å². The number of aliphatic hydroxyl groups is 1. The van der Waals surface area contributed by atoms with E-state index in [4.69, 9.17) is 15.1 Å². The zero-order chi connectivity index (χ0) is 9.52. The van der Waals surface area contributed by atoms with Crippen LogP contribution in [0.3, 0.4) is 0 Å². The summed E-state index contributed by atoms with van der Waals surface area (Å²) < 4.78 is 6.75. The maximum Gasteiger partial charge on any atom is 0.212 e. The molecular weight excluding hydrogens is 170 g/mol. The maximum atomic E-state index is 8.60. The average Bonchev–Trinajstić information content (AvgIpc) is 2.60. The van der Waals surface area contributed by atoms with Crippen molar-refractivity contribution in [2.45, 2.75) is 6.54 Å². The van der Waals surface area contributed by atoms with Gasteiger partial charge in [-0.1, -0.05) is 0 Å². The van der Waals surface area contributed by atoms with Crippen molar-refractivity contribution < 1.29 is 9.84 Å². The van der Waals surface area contributed by atoms with Crippen molar-refractivity contribution in [3.05, 3.63) is 18.2 Å². The topological polar surface area (TPSA) is 71.1 Å². The van der Waals surface area contributed by atoms with Gasteiger partial charge in [-0.25, -0.2) is 4.98 Å². The molecule has 0 bridgehead atoms. The van der Waals surface area contributed by atoms with Crippen molar-refractivity contribution >= 4 is 0 Å². The van der Waals surface area contributed by atoms with Crippen LogP contribution >= 0.6 is 0 Å². The second-order valence-electron chi connectivity index (χ2n) is 2.39. The summed E-state index contributed by atoms with van der Waals surface area (Å²) in [4.78, 5) is 3.83. The Kier molecular flexibility index (Phi) is 3.96. The van der Waals surface area contributed by atoms with E-state index in [1.54, 1.807) is 17.0 Å². The Hall–Kier alpha value is -1.38. The zero-order valence-electron chi connectivity index (χ0n) is 7.18. The number of nitriles is 1. The van der Waals surface area contributed by atoms with Gasteiger partial charge in [0.15, 0.2) is 0 Å². The molecule has 5 nitrogen and oxygen atoms in total. The molecule has 1 N–H and O–H groups in total. The summed E-state index contributed by atoms with van der Waals surface area (Å²) in [6, 6.07) is 1.96. The van der Waals surface area contributed by atoms with Gasteiger partial charge < -0.3 is 14.4 Å². The Labute approximate surface area is 76.2 Å². The molecule has 0 amide bonds. The van der Waals surface area contributed by atoms with Gasteiger partial charge in [0.1, 0.15) is 6.07 Å². The highest BCUT2D eigenvalue weighted by atomic mass is 16.5. The fourth-order valence-electron chi connectivity index (χ4n) is 0.932. The van der Waals surface area contributed by atoms with Crippen molar-refractivity contribution in [1.29, 1.82) is 5.26 Å². The van der Waals surface area contributed by atoms with Crippen molar-refractivity contribution in [3.63, 3.8) is 0 Å². The third-order valence-electron chi connectivity index (χ3n) is 1.53. The van der Waals surface area contributed by atoms with Gasteiger partial charge in [-0.2, -0.15) is 5.26 Å². The van der Waals surface area contributed by atoms with E-state index in [0.29, 0.717) is 25.6 Å². The number of imidazole rings is 1. The maximum absolute atomic E-state index is 8.60. The SMILES string of the molecule is N#Cc1nccn1CCOCCO. The molecule has 0 spiro atoms. The van der Waals surface area contributed by atoms with Gasteiger partial charge in [0.05, 0.1) is 19.8 Å². The molecule has 0 aliphatic carbocycles. The van der Waals surface area contributed by atoms with E-state index in [9.17, 15) is 0 Å². The number of hydrogen-bond donors (Lipinski definition) is 1. The molecule has 1 aromatic heterocycles. The van der Waals surface area contributed by atoms with Crippen LogP contribution in [-0.4, -0.2) is 34.5 Å². The first-order chi connectivity index (χ1) is 6.38. The van der Waals surface area contributed by atoms with Gasteiger partial charge >= 0.3 is 0 Å². The quantitative estimate of drug-likeness (QED) is 0.636. The predicted molar refractivity (Wildman–Crippen MR) is 44.8 cm³/mol. The van der Waals surface area contributed by atoms with Crippen LogP contribution in [0.15, 0.2) is 12.4 Å². The predicted octanol–water partition coefficient (Wildman–Crippen LogP) is -0.236. The molecule has 1 heterocycles. The van der Waals surface area contributed by atoms with Crippen LogP contribution in [-0.2, 0) is 11.3 Å². The molecule has 0 aromatic carbocycles. The third kappa shape index (κ3) is 2.86. The lowest BCUT2D eigenvalue weighted by Crippen LogP contribution is -2.09. The molecule has 0 saturated heterocycles. The smallest absolute Gasteiger partial charge is 0.212 e. The highest BCUT2D eigenvalue weighted by Crippen LogP contribution is 1.94. The molecule has 1 aromatic rings. The Morgan fingerprint density at radius 1 is 1.62 bits per heavy atom. The lowest BCUT2D eigenvalue weighted by molar-refractivity contribution is 0.0869. The Balaban J connectivity index is 2.33. The normalized spacial score (nSPS) is 9.85. The zero-order valence-corrected chi connectivity index (χ0v) is 7.18. The molecule has 0 atom stereocenters. The molecule has 5 heteroatoms. The van der Waals surface area contributed by atoms with Crippen LogP contribution in [0, 0.1) is 11.3 Å². The minimum absolute atomic E-state index is 0.0229. The monoisotopic (exact) mass is 181 g/mol. The van der Waals surface area contributed by atoms with Crippen LogP contribution in [0.4, 0.5) is 0 Å². The van der Waals surface area contributed by atoms with Gasteiger partial charge in [-0.15, -0.1) is 0 Å². The molecule has 0 saturated carbocycles.